The fourth-order valence-corrected chi connectivity index (χ4v) is 1.51. The Bertz CT molecular complexity index is 361. The zero-order chi connectivity index (χ0) is 10.7. The summed E-state index contributed by atoms with van der Waals surface area (Å²) in [6, 6.07) is 2.78. The summed E-state index contributed by atoms with van der Waals surface area (Å²) < 4.78 is 0. The SMILES string of the molecule is CCCc1c(C(=O)[O-])ccc(O)c1C.[Na+]. The van der Waals surface area contributed by atoms with Gasteiger partial charge in [0.1, 0.15) is 5.75 Å². The number of hydrogen-bond acceptors (Lipinski definition) is 3. The zero-order valence-corrected chi connectivity index (χ0v) is 11.3. The zero-order valence-electron chi connectivity index (χ0n) is 9.33. The quantitative estimate of drug-likeness (QED) is 0.596. The number of carboxylic acid groups (broad SMARTS) is 1. The van der Waals surface area contributed by atoms with Gasteiger partial charge in [0.25, 0.3) is 0 Å². The standard InChI is InChI=1S/C11H14O3.Na/c1-3-4-8-7(2)10(12)6-5-9(8)11(13)14;/h5-6,12H,3-4H2,1-2H3,(H,13,14);/q;+1/p-1. The van der Waals surface area contributed by atoms with Crippen LogP contribution in [-0.4, -0.2) is 11.1 Å². The van der Waals surface area contributed by atoms with E-state index in [0.29, 0.717) is 17.5 Å². The molecule has 0 saturated carbocycles. The summed E-state index contributed by atoms with van der Waals surface area (Å²) in [5.74, 6) is -1.05. The second kappa shape index (κ2) is 6.16. The summed E-state index contributed by atoms with van der Waals surface area (Å²) in [5, 5.41) is 20.2. The molecule has 15 heavy (non-hydrogen) atoms. The van der Waals surface area contributed by atoms with Gasteiger partial charge in [-0.3, -0.25) is 0 Å². The smallest absolute Gasteiger partial charge is 0.545 e. The summed E-state index contributed by atoms with van der Waals surface area (Å²) in [4.78, 5) is 10.8. The third-order valence-electron chi connectivity index (χ3n) is 2.29. The number of hydrogen-bond donors (Lipinski definition) is 1. The molecule has 1 rings (SSSR count). The number of benzene rings is 1. The molecule has 0 amide bonds. The summed E-state index contributed by atoms with van der Waals surface area (Å²) in [6.45, 7) is 3.68. The van der Waals surface area contributed by atoms with Crippen LogP contribution in [0.4, 0.5) is 0 Å². The Labute approximate surface area is 111 Å². The van der Waals surface area contributed by atoms with Crippen molar-refractivity contribution in [3.8, 4) is 5.75 Å². The molecule has 0 heterocycles. The molecule has 3 nitrogen and oxygen atoms in total. The maximum atomic E-state index is 10.8. The Morgan fingerprint density at radius 2 is 2.07 bits per heavy atom. The fraction of sp³-hybridized carbons (Fsp3) is 0.364. The molecule has 0 fully saturated rings. The number of carboxylic acids is 1. The summed E-state index contributed by atoms with van der Waals surface area (Å²) in [6.07, 6.45) is 1.48. The van der Waals surface area contributed by atoms with E-state index in [4.69, 9.17) is 0 Å². The van der Waals surface area contributed by atoms with Crippen molar-refractivity contribution in [3.05, 3.63) is 28.8 Å². The Morgan fingerprint density at radius 3 is 2.53 bits per heavy atom. The first-order valence-electron chi connectivity index (χ1n) is 4.60. The van der Waals surface area contributed by atoms with Crippen LogP contribution >= 0.6 is 0 Å². The molecule has 0 bridgehead atoms. The molecule has 0 spiro atoms. The Balaban J connectivity index is 0.00000196. The van der Waals surface area contributed by atoms with Crippen LogP contribution in [0, 0.1) is 6.92 Å². The molecule has 0 aliphatic rings. The van der Waals surface area contributed by atoms with Gasteiger partial charge in [-0.2, -0.15) is 0 Å². The average molecular weight is 216 g/mol. The van der Waals surface area contributed by atoms with E-state index in [9.17, 15) is 15.0 Å². The second-order valence-corrected chi connectivity index (χ2v) is 3.27. The van der Waals surface area contributed by atoms with Crippen molar-refractivity contribution in [2.45, 2.75) is 26.7 Å². The van der Waals surface area contributed by atoms with E-state index in [2.05, 4.69) is 0 Å². The first-order valence-corrected chi connectivity index (χ1v) is 4.60. The van der Waals surface area contributed by atoms with Crippen LogP contribution in [0.15, 0.2) is 12.1 Å². The number of carbonyl (C=O) groups is 1. The van der Waals surface area contributed by atoms with Crippen LogP contribution in [0.25, 0.3) is 0 Å². The fourth-order valence-electron chi connectivity index (χ4n) is 1.51. The Kier molecular flexibility index (Phi) is 5.95. The van der Waals surface area contributed by atoms with Crippen molar-refractivity contribution in [1.82, 2.24) is 0 Å². The Morgan fingerprint density at radius 1 is 1.47 bits per heavy atom. The van der Waals surface area contributed by atoms with Crippen molar-refractivity contribution >= 4 is 5.97 Å². The third-order valence-corrected chi connectivity index (χ3v) is 2.29. The van der Waals surface area contributed by atoms with Crippen molar-refractivity contribution in [1.29, 1.82) is 0 Å². The van der Waals surface area contributed by atoms with Crippen LogP contribution in [0.2, 0.25) is 0 Å². The molecule has 76 valence electrons. The molecular formula is C11H13NaO3. The number of phenolic OH excluding ortho intramolecular Hbond substituents is 1. The molecule has 0 aromatic heterocycles. The minimum atomic E-state index is -1.18. The van der Waals surface area contributed by atoms with Gasteiger partial charge in [-0.05, 0) is 36.6 Å². The molecule has 1 N–H and O–H groups in total. The van der Waals surface area contributed by atoms with Gasteiger partial charge in [-0.25, -0.2) is 0 Å². The molecule has 0 radical (unpaired) electrons. The largest absolute Gasteiger partial charge is 1.00 e. The molecule has 0 atom stereocenters. The Hall–Kier alpha value is -0.510. The number of aromatic carboxylic acids is 1. The van der Waals surface area contributed by atoms with Crippen LogP contribution in [-0.2, 0) is 6.42 Å². The summed E-state index contributed by atoms with van der Waals surface area (Å²) in [7, 11) is 0. The van der Waals surface area contributed by atoms with Crippen LogP contribution in [0.5, 0.6) is 5.75 Å². The normalized spacial score (nSPS) is 9.47. The van der Waals surface area contributed by atoms with E-state index in [-0.39, 0.29) is 40.9 Å². The number of carbonyl (C=O) groups excluding carboxylic acids is 1. The molecule has 1 aromatic rings. The monoisotopic (exact) mass is 216 g/mol. The first kappa shape index (κ1) is 14.5. The van der Waals surface area contributed by atoms with E-state index in [1.54, 1.807) is 6.92 Å². The topological polar surface area (TPSA) is 60.4 Å². The van der Waals surface area contributed by atoms with Crippen molar-refractivity contribution in [2.75, 3.05) is 0 Å². The molecule has 0 saturated heterocycles. The number of phenols is 1. The van der Waals surface area contributed by atoms with Crippen LogP contribution in [0.1, 0.15) is 34.8 Å². The third kappa shape index (κ3) is 3.23. The van der Waals surface area contributed by atoms with E-state index < -0.39 is 5.97 Å². The predicted molar refractivity (Wildman–Crippen MR) is 51.2 cm³/mol. The van der Waals surface area contributed by atoms with E-state index >= 15 is 0 Å². The molecule has 0 aliphatic carbocycles. The minimum absolute atomic E-state index is 0. The molecule has 0 aliphatic heterocycles. The van der Waals surface area contributed by atoms with Gasteiger partial charge >= 0.3 is 29.6 Å². The van der Waals surface area contributed by atoms with Gasteiger partial charge in [0, 0.05) is 5.56 Å². The number of rotatable bonds is 3. The maximum absolute atomic E-state index is 10.8. The minimum Gasteiger partial charge on any atom is -0.545 e. The van der Waals surface area contributed by atoms with Gasteiger partial charge in [0.15, 0.2) is 0 Å². The molecular weight excluding hydrogens is 203 g/mol. The van der Waals surface area contributed by atoms with Crippen LogP contribution < -0.4 is 34.7 Å². The van der Waals surface area contributed by atoms with Crippen molar-refractivity contribution in [3.63, 3.8) is 0 Å². The first-order chi connectivity index (χ1) is 6.57. The maximum Gasteiger partial charge on any atom is 1.00 e. The van der Waals surface area contributed by atoms with Gasteiger partial charge in [0.2, 0.25) is 0 Å². The van der Waals surface area contributed by atoms with E-state index in [1.165, 1.54) is 12.1 Å². The van der Waals surface area contributed by atoms with Gasteiger partial charge < -0.3 is 15.0 Å². The van der Waals surface area contributed by atoms with Crippen molar-refractivity contribution in [2.24, 2.45) is 0 Å². The average Bonchev–Trinajstić information content (AvgIpc) is 2.13. The van der Waals surface area contributed by atoms with Crippen LogP contribution in [0.3, 0.4) is 0 Å². The second-order valence-electron chi connectivity index (χ2n) is 3.27. The van der Waals surface area contributed by atoms with E-state index in [0.717, 1.165) is 6.42 Å². The van der Waals surface area contributed by atoms with E-state index in [1.807, 2.05) is 6.92 Å². The molecule has 0 unspecified atom stereocenters. The predicted octanol–water partition coefficient (Wildman–Crippen LogP) is -1.98. The van der Waals surface area contributed by atoms with Crippen molar-refractivity contribution < 1.29 is 44.6 Å². The van der Waals surface area contributed by atoms with Gasteiger partial charge in [0.05, 0.1) is 5.97 Å². The summed E-state index contributed by atoms with van der Waals surface area (Å²) in [5.41, 5.74) is 1.49. The van der Waals surface area contributed by atoms with Gasteiger partial charge in [-0.15, -0.1) is 0 Å². The molecule has 4 heteroatoms. The number of aromatic hydroxyl groups is 1. The molecule has 1 aromatic carbocycles. The van der Waals surface area contributed by atoms with Gasteiger partial charge in [-0.1, -0.05) is 13.3 Å². The summed E-state index contributed by atoms with van der Waals surface area (Å²) >= 11 is 0.